The summed E-state index contributed by atoms with van der Waals surface area (Å²) < 4.78 is 12.8. The first kappa shape index (κ1) is 15.4. The van der Waals surface area contributed by atoms with Crippen LogP contribution >= 0.6 is 23.1 Å². The average Bonchev–Trinajstić information content (AvgIpc) is 2.75. The summed E-state index contributed by atoms with van der Waals surface area (Å²) in [6.07, 6.45) is 0.810. The molecular weight excluding hydrogens is 293 g/mol. The van der Waals surface area contributed by atoms with Gasteiger partial charge in [-0.3, -0.25) is 11.3 Å². The van der Waals surface area contributed by atoms with E-state index in [0.29, 0.717) is 0 Å². The number of nitrogens with zero attached hydrogens (tertiary/aromatic N) is 1. The van der Waals surface area contributed by atoms with Gasteiger partial charge in [0.05, 0.1) is 10.7 Å². The number of halogens is 1. The van der Waals surface area contributed by atoms with Crippen LogP contribution in [0.3, 0.4) is 0 Å². The van der Waals surface area contributed by atoms with Crippen molar-refractivity contribution in [3.63, 3.8) is 0 Å². The Bertz CT molecular complexity index is 535. The van der Waals surface area contributed by atoms with Gasteiger partial charge < -0.3 is 0 Å². The molecule has 6 heteroatoms. The number of thioether (sulfide) groups is 1. The lowest BCUT2D eigenvalue weighted by molar-refractivity contribution is 0.574. The monoisotopic (exact) mass is 311 g/mol. The maximum absolute atomic E-state index is 12.8. The SMILES string of the molecule is Cc1nc(CC(CSc2ccc(F)cc2)NN)sc1C. The van der Waals surface area contributed by atoms with E-state index in [0.717, 1.165) is 27.8 Å². The van der Waals surface area contributed by atoms with Crippen LogP contribution < -0.4 is 11.3 Å². The lowest BCUT2D eigenvalue weighted by atomic mass is 10.2. The molecule has 0 amide bonds. The topological polar surface area (TPSA) is 50.9 Å². The molecule has 108 valence electrons. The molecule has 2 aromatic rings. The zero-order valence-electron chi connectivity index (χ0n) is 11.5. The van der Waals surface area contributed by atoms with Gasteiger partial charge in [-0.1, -0.05) is 0 Å². The zero-order chi connectivity index (χ0) is 14.5. The van der Waals surface area contributed by atoms with Crippen molar-refractivity contribution in [1.82, 2.24) is 10.4 Å². The quantitative estimate of drug-likeness (QED) is 0.489. The molecule has 0 saturated heterocycles. The van der Waals surface area contributed by atoms with Gasteiger partial charge in [-0.25, -0.2) is 9.37 Å². The molecule has 0 bridgehead atoms. The van der Waals surface area contributed by atoms with Gasteiger partial charge in [0.25, 0.3) is 0 Å². The smallest absolute Gasteiger partial charge is 0.123 e. The molecule has 1 atom stereocenters. The Kier molecular flexibility index (Phi) is 5.54. The third-order valence-corrected chi connectivity index (χ3v) is 5.26. The van der Waals surface area contributed by atoms with Crippen LogP contribution in [0.2, 0.25) is 0 Å². The van der Waals surface area contributed by atoms with Gasteiger partial charge in [0.2, 0.25) is 0 Å². The summed E-state index contributed by atoms with van der Waals surface area (Å²) in [5.74, 6) is 6.22. The van der Waals surface area contributed by atoms with Crippen molar-refractivity contribution in [2.24, 2.45) is 5.84 Å². The minimum atomic E-state index is -0.211. The van der Waals surface area contributed by atoms with Gasteiger partial charge in [0.1, 0.15) is 5.82 Å². The molecule has 1 unspecified atom stereocenters. The van der Waals surface area contributed by atoms with E-state index >= 15 is 0 Å². The van der Waals surface area contributed by atoms with Crippen LogP contribution in [0.4, 0.5) is 4.39 Å². The predicted octanol–water partition coefficient (Wildman–Crippen LogP) is 3.07. The average molecular weight is 311 g/mol. The first-order valence-corrected chi connectivity index (χ1v) is 8.16. The van der Waals surface area contributed by atoms with Crippen LogP contribution in [0, 0.1) is 19.7 Å². The third-order valence-electron chi connectivity index (χ3n) is 2.99. The Morgan fingerprint density at radius 3 is 2.60 bits per heavy atom. The van der Waals surface area contributed by atoms with Crippen LogP contribution in [-0.4, -0.2) is 16.8 Å². The molecule has 1 aromatic carbocycles. The van der Waals surface area contributed by atoms with Crippen molar-refractivity contribution in [3.8, 4) is 0 Å². The number of hydrogen-bond donors (Lipinski definition) is 2. The normalized spacial score (nSPS) is 12.6. The van der Waals surface area contributed by atoms with Crippen LogP contribution in [-0.2, 0) is 6.42 Å². The number of hydrazine groups is 1. The zero-order valence-corrected chi connectivity index (χ0v) is 13.2. The summed E-state index contributed by atoms with van der Waals surface area (Å²) >= 11 is 3.38. The number of thiazole rings is 1. The summed E-state index contributed by atoms with van der Waals surface area (Å²) in [7, 11) is 0. The Morgan fingerprint density at radius 2 is 2.05 bits per heavy atom. The molecule has 0 aliphatic heterocycles. The Balaban J connectivity index is 1.90. The van der Waals surface area contributed by atoms with E-state index < -0.39 is 0 Å². The lowest BCUT2D eigenvalue weighted by Gasteiger charge is -2.13. The second kappa shape index (κ2) is 7.17. The maximum atomic E-state index is 12.8. The highest BCUT2D eigenvalue weighted by molar-refractivity contribution is 7.99. The van der Waals surface area contributed by atoms with Crippen molar-refractivity contribution in [1.29, 1.82) is 0 Å². The highest BCUT2D eigenvalue weighted by atomic mass is 32.2. The highest BCUT2D eigenvalue weighted by Crippen LogP contribution is 2.22. The van der Waals surface area contributed by atoms with Crippen LogP contribution in [0.15, 0.2) is 29.2 Å². The first-order chi connectivity index (χ1) is 9.58. The number of rotatable bonds is 6. The third kappa shape index (κ3) is 4.28. The summed E-state index contributed by atoms with van der Waals surface area (Å²) in [6, 6.07) is 6.66. The minimum absolute atomic E-state index is 0.148. The molecule has 3 N–H and O–H groups in total. The Morgan fingerprint density at radius 1 is 1.35 bits per heavy atom. The van der Waals surface area contributed by atoms with E-state index in [9.17, 15) is 4.39 Å². The number of aromatic nitrogens is 1. The molecule has 0 radical (unpaired) electrons. The second-order valence-corrected chi connectivity index (χ2v) is 6.96. The fourth-order valence-electron chi connectivity index (χ4n) is 1.73. The summed E-state index contributed by atoms with van der Waals surface area (Å²) in [5, 5.41) is 1.10. The van der Waals surface area contributed by atoms with Crippen LogP contribution in [0.5, 0.6) is 0 Å². The molecule has 0 aliphatic rings. The van der Waals surface area contributed by atoms with Crippen molar-refractivity contribution in [3.05, 3.63) is 45.7 Å². The van der Waals surface area contributed by atoms with Crippen molar-refractivity contribution in [2.75, 3.05) is 5.75 Å². The number of nitrogens with two attached hydrogens (primary N) is 1. The molecule has 0 spiro atoms. The fraction of sp³-hybridized carbons (Fsp3) is 0.357. The van der Waals surface area contributed by atoms with E-state index in [4.69, 9.17) is 5.84 Å². The Hall–Kier alpha value is -0.950. The number of benzene rings is 1. The van der Waals surface area contributed by atoms with Crippen molar-refractivity contribution < 1.29 is 4.39 Å². The molecule has 0 fully saturated rings. The molecule has 0 saturated carbocycles. The standard InChI is InChI=1S/C14H18FN3S2/c1-9-10(2)20-14(17-9)7-12(18-16)8-19-13-5-3-11(15)4-6-13/h3-6,12,18H,7-8,16H2,1-2H3. The largest absolute Gasteiger partial charge is 0.271 e. The van der Waals surface area contributed by atoms with E-state index in [1.807, 2.05) is 6.92 Å². The van der Waals surface area contributed by atoms with Gasteiger partial charge in [-0.2, -0.15) is 0 Å². The second-order valence-electron chi connectivity index (χ2n) is 4.58. The van der Waals surface area contributed by atoms with Crippen LogP contribution in [0.1, 0.15) is 15.6 Å². The van der Waals surface area contributed by atoms with E-state index in [1.54, 1.807) is 35.2 Å². The summed E-state index contributed by atoms with van der Waals surface area (Å²) in [5.41, 5.74) is 3.92. The van der Waals surface area contributed by atoms with Gasteiger partial charge >= 0.3 is 0 Å². The maximum Gasteiger partial charge on any atom is 0.123 e. The van der Waals surface area contributed by atoms with Gasteiger partial charge in [0.15, 0.2) is 0 Å². The number of hydrogen-bond acceptors (Lipinski definition) is 5. The molecular formula is C14H18FN3S2. The summed E-state index contributed by atoms with van der Waals surface area (Å²) in [6.45, 7) is 4.10. The van der Waals surface area contributed by atoms with Gasteiger partial charge in [-0.15, -0.1) is 23.1 Å². The van der Waals surface area contributed by atoms with Crippen molar-refractivity contribution in [2.45, 2.75) is 31.2 Å². The first-order valence-electron chi connectivity index (χ1n) is 6.36. The molecule has 1 aromatic heterocycles. The predicted molar refractivity (Wildman–Crippen MR) is 83.5 cm³/mol. The lowest BCUT2D eigenvalue weighted by Crippen LogP contribution is -2.38. The molecule has 1 heterocycles. The van der Waals surface area contributed by atoms with Crippen LogP contribution in [0.25, 0.3) is 0 Å². The fourth-order valence-corrected chi connectivity index (χ4v) is 3.68. The van der Waals surface area contributed by atoms with Gasteiger partial charge in [-0.05, 0) is 38.1 Å². The van der Waals surface area contributed by atoms with Crippen molar-refractivity contribution >= 4 is 23.1 Å². The molecule has 2 rings (SSSR count). The number of aryl methyl sites for hydroxylation is 2. The minimum Gasteiger partial charge on any atom is -0.271 e. The molecule has 0 aliphatic carbocycles. The van der Waals surface area contributed by atoms with E-state index in [2.05, 4.69) is 17.3 Å². The van der Waals surface area contributed by atoms with E-state index in [1.165, 1.54) is 17.0 Å². The summed E-state index contributed by atoms with van der Waals surface area (Å²) in [4.78, 5) is 6.82. The van der Waals surface area contributed by atoms with E-state index in [-0.39, 0.29) is 11.9 Å². The molecule has 20 heavy (non-hydrogen) atoms. The number of nitrogens with one attached hydrogen (secondary N) is 1. The highest BCUT2D eigenvalue weighted by Gasteiger charge is 2.12. The Labute approximate surface area is 126 Å². The molecule has 3 nitrogen and oxygen atoms in total. The van der Waals surface area contributed by atoms with Gasteiger partial charge in [0, 0.05) is 28.0 Å².